The minimum Gasteiger partial charge on any atom is -0.492 e. The Bertz CT molecular complexity index is 925. The zero-order valence-electron chi connectivity index (χ0n) is 21.1. The van der Waals surface area contributed by atoms with Gasteiger partial charge in [0, 0.05) is 6.16 Å². The maximum absolute atomic E-state index is 10.9. The van der Waals surface area contributed by atoms with E-state index >= 15 is 0 Å². The van der Waals surface area contributed by atoms with E-state index in [1.807, 2.05) is 6.07 Å². The summed E-state index contributed by atoms with van der Waals surface area (Å²) in [6, 6.07) is 13.1. The summed E-state index contributed by atoms with van der Waals surface area (Å²) in [5.74, 6) is 1.58. The summed E-state index contributed by atoms with van der Waals surface area (Å²) in [4.78, 5) is 17.9. The van der Waals surface area contributed by atoms with Crippen molar-refractivity contribution in [2.75, 3.05) is 12.8 Å². The van der Waals surface area contributed by atoms with Crippen molar-refractivity contribution in [3.8, 4) is 5.75 Å². The number of unbranched alkanes of at least 4 members (excludes halogenated alkanes) is 3. The van der Waals surface area contributed by atoms with Crippen molar-refractivity contribution in [1.29, 1.82) is 0 Å². The number of ether oxygens (including phenoxy) is 1. The summed E-state index contributed by atoms with van der Waals surface area (Å²) >= 11 is 3.64. The van der Waals surface area contributed by atoms with Crippen molar-refractivity contribution in [3.63, 3.8) is 0 Å². The molecule has 190 valence electrons. The van der Waals surface area contributed by atoms with Crippen molar-refractivity contribution >= 4 is 23.5 Å². The quantitative estimate of drug-likeness (QED) is 0.163. The Balaban J connectivity index is 1.76. The van der Waals surface area contributed by atoms with Crippen LogP contribution in [0.4, 0.5) is 0 Å². The third-order valence-corrected chi connectivity index (χ3v) is 8.01. The van der Waals surface area contributed by atoms with Gasteiger partial charge in [-0.25, -0.2) is 0 Å². The third kappa shape index (κ3) is 11.5. The Kier molecular flexibility index (Phi) is 12.9. The zero-order valence-corrected chi connectivity index (χ0v) is 23.5. The van der Waals surface area contributed by atoms with Gasteiger partial charge in [-0.3, -0.25) is 4.57 Å². The van der Waals surface area contributed by atoms with E-state index in [-0.39, 0.29) is 6.16 Å². The molecule has 0 bridgehead atoms. The normalized spacial score (nSPS) is 12.6. The lowest BCUT2D eigenvalue weighted by Gasteiger charge is -2.18. The second kappa shape index (κ2) is 15.1. The number of benzene rings is 2. The van der Waals surface area contributed by atoms with Crippen LogP contribution in [0.25, 0.3) is 0 Å². The van der Waals surface area contributed by atoms with Crippen LogP contribution < -0.4 is 4.74 Å². The van der Waals surface area contributed by atoms with Gasteiger partial charge in [0.1, 0.15) is 5.75 Å². The standard InChI is InChI=1S/C28H42BrO4P/c1-4-5-10-24(20-26-14-13-22(2)23(3)19-26)12-9-17-33-28-16-15-25(21-27(28)29)11-7-6-8-18-34(30,31)32/h13-16,19,21,24H,4-12,17-18,20H2,1-3H3,(H2,30,31,32). The molecule has 2 aromatic carbocycles. The highest BCUT2D eigenvalue weighted by Gasteiger charge is 2.12. The van der Waals surface area contributed by atoms with Crippen molar-refractivity contribution in [2.45, 2.75) is 85.0 Å². The van der Waals surface area contributed by atoms with Crippen molar-refractivity contribution in [3.05, 3.63) is 63.1 Å². The van der Waals surface area contributed by atoms with E-state index in [9.17, 15) is 4.57 Å². The summed E-state index contributed by atoms with van der Waals surface area (Å²) in [6.45, 7) is 7.35. The molecule has 2 rings (SSSR count). The van der Waals surface area contributed by atoms with E-state index in [1.165, 1.54) is 47.9 Å². The minimum atomic E-state index is -3.86. The predicted octanol–water partition coefficient (Wildman–Crippen LogP) is 8.16. The Morgan fingerprint density at radius 2 is 1.65 bits per heavy atom. The van der Waals surface area contributed by atoms with E-state index in [4.69, 9.17) is 14.5 Å². The van der Waals surface area contributed by atoms with Gasteiger partial charge in [0.15, 0.2) is 0 Å². The molecule has 0 saturated heterocycles. The smallest absolute Gasteiger partial charge is 0.325 e. The highest BCUT2D eigenvalue weighted by Crippen LogP contribution is 2.35. The molecule has 0 aromatic heterocycles. The zero-order chi connectivity index (χ0) is 25.0. The summed E-state index contributed by atoms with van der Waals surface area (Å²) < 4.78 is 18.0. The van der Waals surface area contributed by atoms with Crippen LogP contribution in [0, 0.1) is 19.8 Å². The maximum Gasteiger partial charge on any atom is 0.325 e. The van der Waals surface area contributed by atoms with E-state index in [0.29, 0.717) is 12.3 Å². The lowest BCUT2D eigenvalue weighted by molar-refractivity contribution is 0.285. The molecule has 0 spiro atoms. The van der Waals surface area contributed by atoms with E-state index < -0.39 is 7.60 Å². The molecule has 2 N–H and O–H groups in total. The molecule has 0 heterocycles. The lowest BCUT2D eigenvalue weighted by atomic mass is 9.89. The second-order valence-corrected chi connectivity index (χ2v) is 12.2. The molecule has 0 amide bonds. The van der Waals surface area contributed by atoms with Crippen molar-refractivity contribution in [2.24, 2.45) is 5.92 Å². The molecule has 0 aliphatic rings. The minimum absolute atomic E-state index is 0.0204. The van der Waals surface area contributed by atoms with Crippen LogP contribution in [0.5, 0.6) is 5.75 Å². The van der Waals surface area contributed by atoms with E-state index in [2.05, 4.69) is 67.0 Å². The van der Waals surface area contributed by atoms with Crippen LogP contribution in [-0.4, -0.2) is 22.6 Å². The monoisotopic (exact) mass is 552 g/mol. The third-order valence-electron chi connectivity index (χ3n) is 6.49. The molecule has 2 aromatic rings. The van der Waals surface area contributed by atoms with Gasteiger partial charge in [-0.05, 0) is 109 Å². The first-order valence-electron chi connectivity index (χ1n) is 12.7. The van der Waals surface area contributed by atoms with Gasteiger partial charge in [0.2, 0.25) is 0 Å². The SMILES string of the molecule is CCCCC(CCCOc1ccc(CCCCCP(=O)(O)O)cc1Br)Cc1ccc(C)c(C)c1. The van der Waals surface area contributed by atoms with Crippen LogP contribution in [-0.2, 0) is 17.4 Å². The largest absolute Gasteiger partial charge is 0.492 e. The Morgan fingerprint density at radius 3 is 2.32 bits per heavy atom. The van der Waals surface area contributed by atoms with Crippen molar-refractivity contribution < 1.29 is 19.1 Å². The van der Waals surface area contributed by atoms with Gasteiger partial charge in [0.25, 0.3) is 0 Å². The molecule has 1 atom stereocenters. The number of hydrogen-bond donors (Lipinski definition) is 2. The van der Waals surface area contributed by atoms with Crippen LogP contribution >= 0.6 is 23.5 Å². The summed E-state index contributed by atoms with van der Waals surface area (Å²) in [6.07, 6.45) is 10.4. The summed E-state index contributed by atoms with van der Waals surface area (Å²) in [7, 11) is -3.86. The molecule has 0 aliphatic heterocycles. The Labute approximate surface area is 214 Å². The van der Waals surface area contributed by atoms with Gasteiger partial charge >= 0.3 is 7.60 Å². The average molecular weight is 554 g/mol. The molecule has 6 heteroatoms. The fourth-order valence-electron chi connectivity index (χ4n) is 4.30. The Hall–Kier alpha value is -1.13. The Morgan fingerprint density at radius 1 is 0.912 bits per heavy atom. The molecule has 0 aliphatic carbocycles. The van der Waals surface area contributed by atoms with Crippen LogP contribution in [0.2, 0.25) is 0 Å². The van der Waals surface area contributed by atoms with Crippen LogP contribution in [0.15, 0.2) is 40.9 Å². The molecule has 4 nitrogen and oxygen atoms in total. The van der Waals surface area contributed by atoms with E-state index in [0.717, 1.165) is 48.9 Å². The van der Waals surface area contributed by atoms with E-state index in [1.54, 1.807) is 0 Å². The van der Waals surface area contributed by atoms with Crippen LogP contribution in [0.1, 0.15) is 80.5 Å². The first-order valence-corrected chi connectivity index (χ1v) is 15.3. The first kappa shape index (κ1) is 29.1. The number of hydrogen-bond acceptors (Lipinski definition) is 2. The first-order chi connectivity index (χ1) is 16.2. The van der Waals surface area contributed by atoms with Gasteiger partial charge in [0.05, 0.1) is 11.1 Å². The molecule has 0 fully saturated rings. The molecule has 0 saturated carbocycles. The molecular formula is C28H42BrO4P. The fourth-order valence-corrected chi connectivity index (χ4v) is 5.48. The average Bonchev–Trinajstić information content (AvgIpc) is 2.77. The van der Waals surface area contributed by atoms with Gasteiger partial charge in [-0.15, -0.1) is 0 Å². The summed E-state index contributed by atoms with van der Waals surface area (Å²) in [5.41, 5.74) is 5.40. The predicted molar refractivity (Wildman–Crippen MR) is 146 cm³/mol. The molecule has 34 heavy (non-hydrogen) atoms. The number of halogens is 1. The number of aryl methyl sites for hydroxylation is 3. The highest BCUT2D eigenvalue weighted by molar-refractivity contribution is 9.10. The van der Waals surface area contributed by atoms with Gasteiger partial charge in [-0.1, -0.05) is 56.9 Å². The maximum atomic E-state index is 10.9. The van der Waals surface area contributed by atoms with Crippen molar-refractivity contribution in [1.82, 2.24) is 0 Å². The number of rotatable bonds is 16. The molecule has 1 unspecified atom stereocenters. The fraction of sp³-hybridized carbons (Fsp3) is 0.571. The van der Waals surface area contributed by atoms with Crippen LogP contribution in [0.3, 0.4) is 0 Å². The van der Waals surface area contributed by atoms with Gasteiger partial charge < -0.3 is 14.5 Å². The second-order valence-electron chi connectivity index (χ2n) is 9.59. The summed E-state index contributed by atoms with van der Waals surface area (Å²) in [5, 5.41) is 0. The topological polar surface area (TPSA) is 66.8 Å². The lowest BCUT2D eigenvalue weighted by Crippen LogP contribution is -2.08. The van der Waals surface area contributed by atoms with Gasteiger partial charge in [-0.2, -0.15) is 0 Å². The molecular weight excluding hydrogens is 511 g/mol. The molecule has 0 radical (unpaired) electrons. The highest BCUT2D eigenvalue weighted by atomic mass is 79.9.